The molecule has 0 aliphatic carbocycles. The second-order valence-electron chi connectivity index (χ2n) is 4.61. The highest BCUT2D eigenvalue weighted by atomic mass is 32.2. The van der Waals surface area contributed by atoms with Crippen molar-refractivity contribution in [3.05, 3.63) is 10.6 Å². The van der Waals surface area contributed by atoms with E-state index in [4.69, 9.17) is 5.11 Å². The van der Waals surface area contributed by atoms with Crippen LogP contribution in [0.4, 0.5) is 9.93 Å². The van der Waals surface area contributed by atoms with Crippen LogP contribution in [0.3, 0.4) is 0 Å². The number of urea groups is 1. The van der Waals surface area contributed by atoms with E-state index in [1.807, 2.05) is 13.8 Å². The molecule has 0 bridgehead atoms. The Bertz CT molecular complexity index is 499. The molecule has 110 valence electrons. The lowest BCUT2D eigenvalue weighted by Crippen LogP contribution is -2.48. The number of thioether (sulfide) groups is 1. The van der Waals surface area contributed by atoms with Gasteiger partial charge in [-0.15, -0.1) is 11.3 Å². The van der Waals surface area contributed by atoms with E-state index < -0.39 is 5.97 Å². The predicted molar refractivity (Wildman–Crippen MR) is 80.7 cm³/mol. The largest absolute Gasteiger partial charge is 0.481 e. The van der Waals surface area contributed by atoms with Crippen LogP contribution >= 0.6 is 23.1 Å². The number of carbonyl (C=O) groups excluding carboxylic acids is 1. The number of hydrogen-bond donors (Lipinski definition) is 2. The van der Waals surface area contributed by atoms with Crippen LogP contribution in [-0.4, -0.2) is 51.1 Å². The first-order chi connectivity index (χ1) is 9.47. The topological polar surface area (TPSA) is 82.5 Å². The van der Waals surface area contributed by atoms with Crippen molar-refractivity contribution in [2.24, 2.45) is 0 Å². The number of rotatable bonds is 3. The maximum atomic E-state index is 12.3. The van der Waals surface area contributed by atoms with Gasteiger partial charge >= 0.3 is 12.0 Å². The standard InChI is InChI=1S/C12H17N3O3S2/c1-7-8(2)20-11(13-7)14-12(18)15-3-4-19-6-9(15)5-10(16)17/h9H,3-6H2,1-2H3,(H,16,17)(H,13,14,18). The first-order valence-electron chi connectivity index (χ1n) is 6.28. The molecule has 1 aromatic heterocycles. The summed E-state index contributed by atoms with van der Waals surface area (Å²) in [5.41, 5.74) is 0.904. The zero-order valence-corrected chi connectivity index (χ0v) is 13.0. The maximum Gasteiger partial charge on any atom is 0.323 e. The molecule has 8 heteroatoms. The van der Waals surface area contributed by atoms with Crippen molar-refractivity contribution in [3.63, 3.8) is 0 Å². The minimum Gasteiger partial charge on any atom is -0.481 e. The fraction of sp³-hybridized carbons (Fsp3) is 0.583. The Hall–Kier alpha value is -1.28. The molecule has 0 spiro atoms. The van der Waals surface area contributed by atoms with E-state index in [2.05, 4.69) is 10.3 Å². The molecule has 2 rings (SSSR count). The third kappa shape index (κ3) is 3.63. The molecule has 0 radical (unpaired) electrons. The van der Waals surface area contributed by atoms with Crippen LogP contribution < -0.4 is 5.32 Å². The van der Waals surface area contributed by atoms with E-state index in [-0.39, 0.29) is 18.5 Å². The molecule has 2 heterocycles. The number of carbonyl (C=O) groups is 2. The Labute approximate surface area is 125 Å². The lowest BCUT2D eigenvalue weighted by atomic mass is 10.2. The first-order valence-corrected chi connectivity index (χ1v) is 8.25. The van der Waals surface area contributed by atoms with Crippen LogP contribution in [-0.2, 0) is 4.79 Å². The monoisotopic (exact) mass is 315 g/mol. The quantitative estimate of drug-likeness (QED) is 0.893. The summed E-state index contributed by atoms with van der Waals surface area (Å²) >= 11 is 3.11. The summed E-state index contributed by atoms with van der Waals surface area (Å²) in [6.07, 6.45) is -0.0175. The smallest absolute Gasteiger partial charge is 0.323 e. The zero-order chi connectivity index (χ0) is 14.7. The molecule has 20 heavy (non-hydrogen) atoms. The van der Waals surface area contributed by atoms with Crippen LogP contribution in [0.15, 0.2) is 0 Å². The van der Waals surface area contributed by atoms with Crippen LogP contribution in [0.25, 0.3) is 0 Å². The van der Waals surface area contributed by atoms with Crippen molar-refractivity contribution >= 4 is 40.2 Å². The molecule has 1 aromatic rings. The number of aliphatic carboxylic acids is 1. The highest BCUT2D eigenvalue weighted by molar-refractivity contribution is 7.99. The number of nitrogens with zero attached hydrogens (tertiary/aromatic N) is 2. The van der Waals surface area contributed by atoms with E-state index in [1.165, 1.54) is 11.3 Å². The molecule has 6 nitrogen and oxygen atoms in total. The van der Waals surface area contributed by atoms with Crippen LogP contribution in [0.5, 0.6) is 0 Å². The Morgan fingerprint density at radius 1 is 1.50 bits per heavy atom. The maximum absolute atomic E-state index is 12.3. The summed E-state index contributed by atoms with van der Waals surface area (Å²) in [5, 5.41) is 12.3. The molecular weight excluding hydrogens is 298 g/mol. The molecule has 2 N–H and O–H groups in total. The number of nitrogens with one attached hydrogen (secondary N) is 1. The fourth-order valence-corrected chi connectivity index (χ4v) is 3.85. The van der Waals surface area contributed by atoms with Gasteiger partial charge in [-0.3, -0.25) is 10.1 Å². The minimum atomic E-state index is -0.878. The van der Waals surface area contributed by atoms with Crippen molar-refractivity contribution in [1.29, 1.82) is 0 Å². The van der Waals surface area contributed by atoms with E-state index >= 15 is 0 Å². The van der Waals surface area contributed by atoms with Crippen molar-refractivity contribution in [2.75, 3.05) is 23.4 Å². The summed E-state index contributed by atoms with van der Waals surface area (Å²) < 4.78 is 0. The van der Waals surface area contributed by atoms with Crippen molar-refractivity contribution in [2.45, 2.75) is 26.3 Å². The molecule has 1 saturated heterocycles. The molecule has 1 atom stereocenters. The molecule has 2 amide bonds. The van der Waals surface area contributed by atoms with Crippen molar-refractivity contribution < 1.29 is 14.7 Å². The van der Waals surface area contributed by atoms with Crippen molar-refractivity contribution in [1.82, 2.24) is 9.88 Å². The molecule has 1 unspecified atom stereocenters. The normalized spacial score (nSPS) is 18.9. The third-order valence-corrected chi connectivity index (χ3v) is 5.22. The highest BCUT2D eigenvalue weighted by Gasteiger charge is 2.29. The molecule has 1 aliphatic rings. The number of aromatic nitrogens is 1. The van der Waals surface area contributed by atoms with Crippen molar-refractivity contribution in [3.8, 4) is 0 Å². The molecular formula is C12H17N3O3S2. The average Bonchev–Trinajstić information content (AvgIpc) is 2.68. The van der Waals surface area contributed by atoms with Gasteiger partial charge in [0.25, 0.3) is 0 Å². The predicted octanol–water partition coefficient (Wildman–Crippen LogP) is 2.18. The summed E-state index contributed by atoms with van der Waals surface area (Å²) in [6.45, 7) is 4.41. The van der Waals surface area contributed by atoms with Gasteiger partial charge in [0.05, 0.1) is 18.2 Å². The molecule has 0 aromatic carbocycles. The average molecular weight is 315 g/mol. The first kappa shape index (κ1) is 15.1. The van der Waals surface area contributed by atoms with Crippen LogP contribution in [0.1, 0.15) is 17.0 Å². The Morgan fingerprint density at radius 2 is 2.25 bits per heavy atom. The van der Waals surface area contributed by atoms with E-state index in [0.717, 1.165) is 16.3 Å². The van der Waals surface area contributed by atoms with Gasteiger partial charge < -0.3 is 10.0 Å². The SMILES string of the molecule is Cc1nc(NC(=O)N2CCSCC2CC(=O)O)sc1C. The van der Waals surface area contributed by atoms with Crippen LogP contribution in [0.2, 0.25) is 0 Å². The van der Waals surface area contributed by atoms with Gasteiger partial charge in [-0.1, -0.05) is 0 Å². The van der Waals surface area contributed by atoms with E-state index in [0.29, 0.717) is 17.4 Å². The fourth-order valence-electron chi connectivity index (χ4n) is 1.98. The number of amides is 2. The Kier molecular flexibility index (Phi) is 4.87. The van der Waals surface area contributed by atoms with Gasteiger partial charge in [0, 0.05) is 22.9 Å². The second kappa shape index (κ2) is 6.45. The van der Waals surface area contributed by atoms with E-state index in [9.17, 15) is 9.59 Å². The molecule has 1 aliphatic heterocycles. The second-order valence-corrected chi connectivity index (χ2v) is 6.96. The Morgan fingerprint density at radius 3 is 2.85 bits per heavy atom. The number of thiazole rings is 1. The molecule has 0 saturated carbocycles. The summed E-state index contributed by atoms with van der Waals surface area (Å²) in [5.74, 6) is 0.617. The third-order valence-electron chi connectivity index (χ3n) is 3.14. The van der Waals surface area contributed by atoms with Gasteiger partial charge in [0.1, 0.15) is 0 Å². The van der Waals surface area contributed by atoms with E-state index in [1.54, 1.807) is 16.7 Å². The number of aryl methyl sites for hydroxylation is 2. The summed E-state index contributed by atoms with van der Waals surface area (Å²) in [6, 6.07) is -0.515. The van der Waals surface area contributed by atoms with Crippen LogP contribution in [0, 0.1) is 13.8 Å². The minimum absolute atomic E-state index is 0.0175. The number of anilines is 1. The van der Waals surface area contributed by atoms with Gasteiger partial charge in [0.15, 0.2) is 5.13 Å². The summed E-state index contributed by atoms with van der Waals surface area (Å²) in [7, 11) is 0. The molecule has 1 fully saturated rings. The number of carboxylic acid groups (broad SMARTS) is 1. The lowest BCUT2D eigenvalue weighted by molar-refractivity contribution is -0.137. The highest BCUT2D eigenvalue weighted by Crippen LogP contribution is 2.24. The van der Waals surface area contributed by atoms with Gasteiger partial charge in [-0.05, 0) is 13.8 Å². The number of hydrogen-bond acceptors (Lipinski definition) is 5. The van der Waals surface area contributed by atoms with Gasteiger partial charge in [-0.25, -0.2) is 9.78 Å². The zero-order valence-electron chi connectivity index (χ0n) is 11.4. The lowest BCUT2D eigenvalue weighted by Gasteiger charge is -2.34. The van der Waals surface area contributed by atoms with Gasteiger partial charge in [-0.2, -0.15) is 11.8 Å². The summed E-state index contributed by atoms with van der Waals surface area (Å²) in [4.78, 5) is 30.1. The number of carboxylic acids is 1. The Balaban J connectivity index is 2.03. The van der Waals surface area contributed by atoms with Gasteiger partial charge in [0.2, 0.25) is 0 Å².